The molecule has 90 valence electrons. The highest BCUT2D eigenvalue weighted by Crippen LogP contribution is 2.28. The van der Waals surface area contributed by atoms with Crippen molar-refractivity contribution in [2.75, 3.05) is 0 Å². The molecule has 1 N–H and O–H groups in total. The second kappa shape index (κ2) is 4.63. The standard InChI is InChI=1S/C13H16N2OS/c1-2-11-5-6-12(17-11)13-15-10(8-16-13)7-14-9-3-4-9/h5-6,8-9,14H,2-4,7H2,1H3. The second-order valence-corrected chi connectivity index (χ2v) is 5.59. The molecule has 0 spiro atoms. The van der Waals surface area contributed by atoms with Crippen LogP contribution in [-0.2, 0) is 13.0 Å². The lowest BCUT2D eigenvalue weighted by molar-refractivity contribution is 0.571. The number of nitrogens with zero attached hydrogens (tertiary/aromatic N) is 1. The predicted molar refractivity (Wildman–Crippen MR) is 69.1 cm³/mol. The third-order valence-electron chi connectivity index (χ3n) is 2.92. The molecule has 1 aliphatic rings. The molecule has 1 fully saturated rings. The Morgan fingerprint density at radius 2 is 2.35 bits per heavy atom. The summed E-state index contributed by atoms with van der Waals surface area (Å²) in [6, 6.07) is 4.95. The van der Waals surface area contributed by atoms with E-state index in [1.165, 1.54) is 17.7 Å². The van der Waals surface area contributed by atoms with E-state index in [1.54, 1.807) is 17.6 Å². The quantitative estimate of drug-likeness (QED) is 0.883. The Morgan fingerprint density at radius 3 is 3.06 bits per heavy atom. The summed E-state index contributed by atoms with van der Waals surface area (Å²) in [5.74, 6) is 0.752. The fraction of sp³-hybridized carbons (Fsp3) is 0.462. The maximum absolute atomic E-state index is 5.52. The number of rotatable bonds is 5. The fourth-order valence-electron chi connectivity index (χ4n) is 1.72. The van der Waals surface area contributed by atoms with Crippen LogP contribution >= 0.6 is 11.3 Å². The second-order valence-electron chi connectivity index (χ2n) is 4.42. The number of aryl methyl sites for hydroxylation is 1. The van der Waals surface area contributed by atoms with Crippen LogP contribution in [0.1, 0.15) is 30.3 Å². The van der Waals surface area contributed by atoms with Crippen LogP contribution in [0, 0.1) is 0 Å². The van der Waals surface area contributed by atoms with Crippen LogP contribution in [-0.4, -0.2) is 11.0 Å². The summed E-state index contributed by atoms with van der Waals surface area (Å²) in [6.07, 6.45) is 5.43. The number of nitrogens with one attached hydrogen (secondary N) is 1. The van der Waals surface area contributed by atoms with Crippen molar-refractivity contribution < 1.29 is 4.42 Å². The van der Waals surface area contributed by atoms with E-state index in [2.05, 4.69) is 29.4 Å². The van der Waals surface area contributed by atoms with Gasteiger partial charge in [-0.3, -0.25) is 0 Å². The minimum atomic E-state index is 0.712. The number of oxazole rings is 1. The summed E-state index contributed by atoms with van der Waals surface area (Å²) in [5, 5.41) is 3.43. The van der Waals surface area contributed by atoms with Gasteiger partial charge in [0.1, 0.15) is 6.26 Å². The van der Waals surface area contributed by atoms with Crippen molar-refractivity contribution in [3.05, 3.63) is 29.0 Å². The first-order valence-corrected chi connectivity index (χ1v) is 6.93. The highest BCUT2D eigenvalue weighted by molar-refractivity contribution is 7.15. The minimum absolute atomic E-state index is 0.712. The monoisotopic (exact) mass is 248 g/mol. The normalized spacial score (nSPS) is 15.4. The van der Waals surface area contributed by atoms with E-state index in [1.807, 2.05) is 0 Å². The largest absolute Gasteiger partial charge is 0.444 e. The molecule has 0 atom stereocenters. The lowest BCUT2D eigenvalue weighted by Crippen LogP contribution is -2.15. The molecule has 2 aromatic heterocycles. The number of hydrogen-bond acceptors (Lipinski definition) is 4. The van der Waals surface area contributed by atoms with Gasteiger partial charge in [0, 0.05) is 17.5 Å². The van der Waals surface area contributed by atoms with Gasteiger partial charge < -0.3 is 9.73 Å². The molecule has 0 aromatic carbocycles. The molecule has 0 unspecified atom stereocenters. The van der Waals surface area contributed by atoms with E-state index >= 15 is 0 Å². The van der Waals surface area contributed by atoms with E-state index in [-0.39, 0.29) is 0 Å². The Balaban J connectivity index is 1.69. The molecule has 17 heavy (non-hydrogen) atoms. The molecule has 3 nitrogen and oxygen atoms in total. The molecule has 0 aliphatic heterocycles. The third-order valence-corrected chi connectivity index (χ3v) is 4.14. The van der Waals surface area contributed by atoms with E-state index in [4.69, 9.17) is 4.42 Å². The maximum Gasteiger partial charge on any atom is 0.236 e. The number of thiophene rings is 1. The topological polar surface area (TPSA) is 38.1 Å². The number of aromatic nitrogens is 1. The van der Waals surface area contributed by atoms with Crippen molar-refractivity contribution >= 4 is 11.3 Å². The lowest BCUT2D eigenvalue weighted by atomic mass is 10.4. The van der Waals surface area contributed by atoms with E-state index in [0.717, 1.165) is 29.4 Å². The molecule has 2 aromatic rings. The van der Waals surface area contributed by atoms with Crippen LogP contribution in [0.3, 0.4) is 0 Å². The maximum atomic E-state index is 5.52. The molecule has 2 heterocycles. The van der Waals surface area contributed by atoms with Crippen molar-refractivity contribution in [1.29, 1.82) is 0 Å². The Bertz CT molecular complexity index is 499. The van der Waals surface area contributed by atoms with Crippen LogP contribution in [0.4, 0.5) is 0 Å². The summed E-state index contributed by atoms with van der Waals surface area (Å²) >= 11 is 1.76. The molecule has 0 saturated heterocycles. The summed E-state index contributed by atoms with van der Waals surface area (Å²) in [7, 11) is 0. The summed E-state index contributed by atoms with van der Waals surface area (Å²) in [5.41, 5.74) is 0.998. The van der Waals surface area contributed by atoms with Crippen molar-refractivity contribution in [3.8, 4) is 10.8 Å². The highest BCUT2D eigenvalue weighted by Gasteiger charge is 2.20. The Hall–Kier alpha value is -1.13. The average molecular weight is 248 g/mol. The zero-order valence-electron chi connectivity index (χ0n) is 9.90. The average Bonchev–Trinajstić information content (AvgIpc) is 2.89. The SMILES string of the molecule is CCc1ccc(-c2nc(CNC3CC3)co2)s1. The molecule has 0 amide bonds. The van der Waals surface area contributed by atoms with Crippen molar-refractivity contribution in [2.45, 2.75) is 38.8 Å². The van der Waals surface area contributed by atoms with Gasteiger partial charge in [0.2, 0.25) is 5.89 Å². The Morgan fingerprint density at radius 1 is 1.47 bits per heavy atom. The molecule has 1 aliphatic carbocycles. The molecule has 0 radical (unpaired) electrons. The zero-order chi connectivity index (χ0) is 11.7. The van der Waals surface area contributed by atoms with Crippen LogP contribution in [0.2, 0.25) is 0 Å². The summed E-state index contributed by atoms with van der Waals surface area (Å²) in [6.45, 7) is 2.98. The molecular formula is C13H16N2OS. The van der Waals surface area contributed by atoms with Gasteiger partial charge in [-0.05, 0) is 31.4 Å². The fourth-order valence-corrected chi connectivity index (χ4v) is 2.60. The smallest absolute Gasteiger partial charge is 0.236 e. The predicted octanol–water partition coefficient (Wildman–Crippen LogP) is 3.22. The Kier molecular flexibility index (Phi) is 2.99. The van der Waals surface area contributed by atoms with Crippen LogP contribution in [0.25, 0.3) is 10.8 Å². The molecule has 1 saturated carbocycles. The van der Waals surface area contributed by atoms with Gasteiger partial charge in [0.25, 0.3) is 0 Å². The van der Waals surface area contributed by atoms with E-state index in [0.29, 0.717) is 6.04 Å². The lowest BCUT2D eigenvalue weighted by Gasteiger charge is -1.95. The van der Waals surface area contributed by atoms with Crippen molar-refractivity contribution in [2.24, 2.45) is 0 Å². The van der Waals surface area contributed by atoms with Crippen molar-refractivity contribution in [3.63, 3.8) is 0 Å². The molecular weight excluding hydrogens is 232 g/mol. The first-order chi connectivity index (χ1) is 8.35. The van der Waals surface area contributed by atoms with Gasteiger partial charge in [0.05, 0.1) is 10.6 Å². The van der Waals surface area contributed by atoms with Gasteiger partial charge in [-0.2, -0.15) is 0 Å². The third kappa shape index (κ3) is 2.58. The number of hydrogen-bond donors (Lipinski definition) is 1. The van der Waals surface area contributed by atoms with Gasteiger partial charge in [-0.1, -0.05) is 6.92 Å². The van der Waals surface area contributed by atoms with Gasteiger partial charge in [0.15, 0.2) is 0 Å². The Labute approximate surface area is 105 Å². The van der Waals surface area contributed by atoms with Gasteiger partial charge >= 0.3 is 0 Å². The first-order valence-electron chi connectivity index (χ1n) is 6.12. The summed E-state index contributed by atoms with van der Waals surface area (Å²) in [4.78, 5) is 7.00. The van der Waals surface area contributed by atoms with Gasteiger partial charge in [-0.15, -0.1) is 11.3 Å². The zero-order valence-corrected chi connectivity index (χ0v) is 10.7. The van der Waals surface area contributed by atoms with Gasteiger partial charge in [-0.25, -0.2) is 4.98 Å². The molecule has 0 bridgehead atoms. The van der Waals surface area contributed by atoms with E-state index in [9.17, 15) is 0 Å². The summed E-state index contributed by atoms with van der Waals surface area (Å²) < 4.78 is 5.52. The van der Waals surface area contributed by atoms with Crippen LogP contribution in [0.15, 0.2) is 22.8 Å². The first kappa shape index (κ1) is 11.0. The van der Waals surface area contributed by atoms with Crippen molar-refractivity contribution in [1.82, 2.24) is 10.3 Å². The highest BCUT2D eigenvalue weighted by atomic mass is 32.1. The van der Waals surface area contributed by atoms with Crippen LogP contribution in [0.5, 0.6) is 0 Å². The molecule has 3 rings (SSSR count). The minimum Gasteiger partial charge on any atom is -0.444 e. The molecule has 4 heteroatoms. The van der Waals surface area contributed by atoms with Crippen LogP contribution < -0.4 is 5.32 Å². The van der Waals surface area contributed by atoms with E-state index < -0.39 is 0 Å².